The molecule has 5 heteroatoms. The van der Waals surface area contributed by atoms with Crippen LogP contribution in [-0.2, 0) is 4.79 Å². The Labute approximate surface area is 138 Å². The van der Waals surface area contributed by atoms with Crippen LogP contribution in [0.4, 0.5) is 0 Å². The summed E-state index contributed by atoms with van der Waals surface area (Å²) in [5.41, 5.74) is 1.19. The topological polar surface area (TPSA) is 47.6 Å². The summed E-state index contributed by atoms with van der Waals surface area (Å²) in [7, 11) is 0. The van der Waals surface area contributed by atoms with E-state index < -0.39 is 0 Å². The average Bonchev–Trinajstić information content (AvgIpc) is 2.51. The molecule has 1 amide bonds. The number of aryl methyl sites for hydroxylation is 1. The van der Waals surface area contributed by atoms with Crippen LogP contribution in [0.2, 0.25) is 0 Å². The highest BCUT2D eigenvalue weighted by Gasteiger charge is 2.03. The third-order valence-electron chi connectivity index (χ3n) is 2.88. The fraction of sp³-hybridized carbons (Fsp3) is 0.235. The van der Waals surface area contributed by atoms with E-state index >= 15 is 0 Å². The first-order chi connectivity index (χ1) is 10.6. The molecular weight excluding hydrogens is 346 g/mol. The number of benzene rings is 2. The Kier molecular flexibility index (Phi) is 6.27. The highest BCUT2D eigenvalue weighted by atomic mass is 79.9. The molecule has 2 aromatic carbocycles. The van der Waals surface area contributed by atoms with Crippen molar-refractivity contribution in [1.29, 1.82) is 0 Å². The molecule has 22 heavy (non-hydrogen) atoms. The molecule has 0 aliphatic rings. The van der Waals surface area contributed by atoms with Crippen LogP contribution in [-0.4, -0.2) is 25.7 Å². The van der Waals surface area contributed by atoms with Gasteiger partial charge in [0, 0.05) is 4.47 Å². The number of nitrogens with one attached hydrogen (secondary N) is 1. The number of ether oxygens (including phenoxy) is 2. The van der Waals surface area contributed by atoms with Gasteiger partial charge in [0.2, 0.25) is 0 Å². The van der Waals surface area contributed by atoms with Crippen LogP contribution in [0.25, 0.3) is 0 Å². The molecule has 0 radical (unpaired) electrons. The zero-order valence-electron chi connectivity index (χ0n) is 12.3. The molecule has 2 rings (SSSR count). The molecule has 0 fully saturated rings. The van der Waals surface area contributed by atoms with E-state index in [1.54, 1.807) is 6.07 Å². The van der Waals surface area contributed by atoms with Crippen LogP contribution >= 0.6 is 15.9 Å². The molecule has 0 atom stereocenters. The number of hydrogen-bond acceptors (Lipinski definition) is 3. The lowest BCUT2D eigenvalue weighted by Gasteiger charge is -2.09. The molecule has 0 aliphatic heterocycles. The lowest BCUT2D eigenvalue weighted by Crippen LogP contribution is -2.32. The van der Waals surface area contributed by atoms with E-state index in [2.05, 4.69) is 21.2 Å². The van der Waals surface area contributed by atoms with E-state index in [0.29, 0.717) is 18.9 Å². The van der Waals surface area contributed by atoms with E-state index in [0.717, 1.165) is 10.2 Å². The van der Waals surface area contributed by atoms with Crippen molar-refractivity contribution in [3.63, 3.8) is 0 Å². The first kappa shape index (κ1) is 16.4. The second kappa shape index (κ2) is 8.44. The van der Waals surface area contributed by atoms with Gasteiger partial charge in [-0.05, 0) is 37.3 Å². The number of hydrogen-bond donors (Lipinski definition) is 1. The lowest BCUT2D eigenvalue weighted by molar-refractivity contribution is -0.123. The van der Waals surface area contributed by atoms with Gasteiger partial charge < -0.3 is 14.8 Å². The number of carbonyl (C=O) groups excluding carboxylic acids is 1. The van der Waals surface area contributed by atoms with Crippen molar-refractivity contribution in [2.24, 2.45) is 0 Å². The molecule has 0 saturated heterocycles. The Morgan fingerprint density at radius 2 is 1.86 bits per heavy atom. The van der Waals surface area contributed by atoms with Crippen molar-refractivity contribution < 1.29 is 14.3 Å². The van der Waals surface area contributed by atoms with Gasteiger partial charge in [-0.15, -0.1) is 0 Å². The standard InChI is InChI=1S/C17H18BrNO3/c1-13-5-7-15(8-6-13)21-10-9-19-17(20)12-22-16-4-2-3-14(18)11-16/h2-8,11H,9-10,12H2,1H3,(H,19,20). The third-order valence-corrected chi connectivity index (χ3v) is 3.37. The van der Waals surface area contributed by atoms with Gasteiger partial charge in [0.1, 0.15) is 18.1 Å². The second-order valence-corrected chi connectivity index (χ2v) is 5.67. The summed E-state index contributed by atoms with van der Waals surface area (Å²) in [6, 6.07) is 15.2. The number of amides is 1. The number of rotatable bonds is 7. The Hall–Kier alpha value is -2.01. The van der Waals surface area contributed by atoms with Gasteiger partial charge in [-0.25, -0.2) is 0 Å². The fourth-order valence-corrected chi connectivity index (χ4v) is 2.13. The molecule has 0 bridgehead atoms. The van der Waals surface area contributed by atoms with Gasteiger partial charge in [-0.3, -0.25) is 4.79 Å². The summed E-state index contributed by atoms with van der Waals surface area (Å²) in [4.78, 5) is 11.7. The predicted molar refractivity (Wildman–Crippen MR) is 89.3 cm³/mol. The van der Waals surface area contributed by atoms with Crippen LogP contribution in [0.3, 0.4) is 0 Å². The minimum absolute atomic E-state index is 0.0129. The smallest absolute Gasteiger partial charge is 0.258 e. The number of carbonyl (C=O) groups is 1. The van der Waals surface area contributed by atoms with Gasteiger partial charge in [0.15, 0.2) is 6.61 Å². The van der Waals surface area contributed by atoms with E-state index in [4.69, 9.17) is 9.47 Å². The summed E-state index contributed by atoms with van der Waals surface area (Å²) < 4.78 is 11.8. The SMILES string of the molecule is Cc1ccc(OCCNC(=O)COc2cccc(Br)c2)cc1. The van der Waals surface area contributed by atoms with Crippen molar-refractivity contribution >= 4 is 21.8 Å². The lowest BCUT2D eigenvalue weighted by atomic mass is 10.2. The van der Waals surface area contributed by atoms with Crippen molar-refractivity contribution in [2.75, 3.05) is 19.8 Å². The summed E-state index contributed by atoms with van der Waals surface area (Å²) in [6.07, 6.45) is 0. The van der Waals surface area contributed by atoms with Crippen LogP contribution < -0.4 is 14.8 Å². The van der Waals surface area contributed by atoms with E-state index in [9.17, 15) is 4.79 Å². The molecule has 1 N–H and O–H groups in total. The molecule has 4 nitrogen and oxygen atoms in total. The van der Waals surface area contributed by atoms with Gasteiger partial charge in [0.25, 0.3) is 5.91 Å². The summed E-state index contributed by atoms with van der Waals surface area (Å²) in [5, 5.41) is 2.75. The third kappa shape index (κ3) is 5.77. The highest BCUT2D eigenvalue weighted by molar-refractivity contribution is 9.10. The van der Waals surface area contributed by atoms with E-state index in [1.165, 1.54) is 5.56 Å². The minimum Gasteiger partial charge on any atom is -0.492 e. The normalized spacial score (nSPS) is 10.1. The number of halogens is 1. The summed E-state index contributed by atoms with van der Waals surface area (Å²) in [5.74, 6) is 1.28. The minimum atomic E-state index is -0.174. The zero-order valence-corrected chi connectivity index (χ0v) is 13.9. The van der Waals surface area contributed by atoms with Gasteiger partial charge in [0.05, 0.1) is 6.54 Å². The fourth-order valence-electron chi connectivity index (χ4n) is 1.75. The quantitative estimate of drug-likeness (QED) is 0.767. The van der Waals surface area contributed by atoms with Crippen molar-refractivity contribution in [3.05, 3.63) is 58.6 Å². The molecule has 116 valence electrons. The Morgan fingerprint density at radius 3 is 2.59 bits per heavy atom. The molecule has 0 aromatic heterocycles. The highest BCUT2D eigenvalue weighted by Crippen LogP contribution is 2.17. The van der Waals surface area contributed by atoms with Crippen molar-refractivity contribution in [3.8, 4) is 11.5 Å². The molecule has 0 saturated carbocycles. The molecular formula is C17H18BrNO3. The average molecular weight is 364 g/mol. The maximum atomic E-state index is 11.7. The maximum absolute atomic E-state index is 11.7. The largest absolute Gasteiger partial charge is 0.492 e. The van der Waals surface area contributed by atoms with Crippen LogP contribution in [0.1, 0.15) is 5.56 Å². The molecule has 0 unspecified atom stereocenters. The molecule has 0 heterocycles. The van der Waals surface area contributed by atoms with Crippen molar-refractivity contribution in [2.45, 2.75) is 6.92 Å². The molecule has 0 spiro atoms. The van der Waals surface area contributed by atoms with Gasteiger partial charge >= 0.3 is 0 Å². The Balaban J connectivity index is 1.62. The molecule has 0 aliphatic carbocycles. The van der Waals surface area contributed by atoms with E-state index in [1.807, 2.05) is 49.4 Å². The van der Waals surface area contributed by atoms with Gasteiger partial charge in [-0.2, -0.15) is 0 Å². The maximum Gasteiger partial charge on any atom is 0.258 e. The van der Waals surface area contributed by atoms with Gasteiger partial charge in [-0.1, -0.05) is 39.7 Å². The Morgan fingerprint density at radius 1 is 1.09 bits per heavy atom. The predicted octanol–water partition coefficient (Wildman–Crippen LogP) is 3.33. The summed E-state index contributed by atoms with van der Waals surface area (Å²) in [6.45, 7) is 2.87. The van der Waals surface area contributed by atoms with Crippen LogP contribution in [0.5, 0.6) is 11.5 Å². The monoisotopic (exact) mass is 363 g/mol. The Bertz CT molecular complexity index is 614. The van der Waals surface area contributed by atoms with Crippen LogP contribution in [0.15, 0.2) is 53.0 Å². The summed E-state index contributed by atoms with van der Waals surface area (Å²) >= 11 is 3.35. The first-order valence-electron chi connectivity index (χ1n) is 6.98. The molecule has 2 aromatic rings. The zero-order chi connectivity index (χ0) is 15.8. The first-order valence-corrected chi connectivity index (χ1v) is 7.77. The van der Waals surface area contributed by atoms with Crippen molar-refractivity contribution in [1.82, 2.24) is 5.32 Å². The van der Waals surface area contributed by atoms with Crippen LogP contribution in [0, 0.1) is 6.92 Å². The van der Waals surface area contributed by atoms with E-state index in [-0.39, 0.29) is 12.5 Å². The second-order valence-electron chi connectivity index (χ2n) is 4.76.